The number of carbonyl (C=O) groups is 1. The molecule has 31 heavy (non-hydrogen) atoms. The SMILES string of the molecule is CCN1CC(CN(C)C(=O)CCn2c(=O)[nH]c(=O)c3ccccc32)Oc2ccccc21. The van der Waals surface area contributed by atoms with Gasteiger partial charge in [0.25, 0.3) is 5.56 Å². The van der Waals surface area contributed by atoms with Crippen molar-refractivity contribution in [3.8, 4) is 5.75 Å². The highest BCUT2D eigenvalue weighted by Crippen LogP contribution is 2.32. The van der Waals surface area contributed by atoms with Crippen LogP contribution < -0.4 is 20.9 Å². The van der Waals surface area contributed by atoms with Crippen LogP contribution in [0.4, 0.5) is 5.69 Å². The minimum atomic E-state index is -0.509. The normalized spacial score (nSPS) is 15.4. The Morgan fingerprint density at radius 1 is 1.16 bits per heavy atom. The van der Waals surface area contributed by atoms with Gasteiger partial charge in [0.2, 0.25) is 5.91 Å². The quantitative estimate of drug-likeness (QED) is 0.655. The average molecular weight is 422 g/mol. The Bertz CT molecular complexity index is 1220. The van der Waals surface area contributed by atoms with E-state index in [1.165, 1.54) is 4.57 Å². The highest BCUT2D eigenvalue weighted by Gasteiger charge is 2.26. The number of nitrogens with one attached hydrogen (secondary N) is 1. The molecule has 1 aliphatic heterocycles. The first-order valence-corrected chi connectivity index (χ1v) is 10.4. The summed E-state index contributed by atoms with van der Waals surface area (Å²) in [5.74, 6) is 0.736. The number of anilines is 1. The second-order valence-corrected chi connectivity index (χ2v) is 7.70. The van der Waals surface area contributed by atoms with Gasteiger partial charge in [0, 0.05) is 26.6 Å². The molecule has 162 valence electrons. The van der Waals surface area contributed by atoms with Gasteiger partial charge in [-0.2, -0.15) is 0 Å². The van der Waals surface area contributed by atoms with Crippen LogP contribution in [0.3, 0.4) is 0 Å². The number of H-pyrrole nitrogens is 1. The van der Waals surface area contributed by atoms with Crippen molar-refractivity contribution in [1.29, 1.82) is 0 Å². The number of ether oxygens (including phenoxy) is 1. The van der Waals surface area contributed by atoms with Gasteiger partial charge in [0.05, 0.1) is 29.7 Å². The second-order valence-electron chi connectivity index (χ2n) is 7.70. The minimum absolute atomic E-state index is 0.0901. The monoisotopic (exact) mass is 422 g/mol. The Labute approximate surface area is 179 Å². The third-order valence-electron chi connectivity index (χ3n) is 5.66. The number of aromatic nitrogens is 2. The summed E-state index contributed by atoms with van der Waals surface area (Å²) < 4.78 is 7.55. The lowest BCUT2D eigenvalue weighted by atomic mass is 10.1. The first kappa shape index (κ1) is 20.7. The summed E-state index contributed by atoms with van der Waals surface area (Å²) in [5.41, 5.74) is 0.664. The molecular weight excluding hydrogens is 396 g/mol. The number of benzene rings is 2. The number of rotatable bonds is 6. The molecule has 1 atom stereocenters. The maximum absolute atomic E-state index is 12.8. The number of nitrogens with zero attached hydrogens (tertiary/aromatic N) is 3. The first-order chi connectivity index (χ1) is 15.0. The molecule has 2 heterocycles. The van der Waals surface area contributed by atoms with Crippen molar-refractivity contribution in [2.24, 2.45) is 0 Å². The number of fused-ring (bicyclic) bond motifs is 2. The van der Waals surface area contributed by atoms with E-state index in [9.17, 15) is 14.4 Å². The molecule has 0 bridgehead atoms. The van der Waals surface area contributed by atoms with Crippen LogP contribution in [0.25, 0.3) is 10.9 Å². The van der Waals surface area contributed by atoms with Crippen molar-refractivity contribution in [1.82, 2.24) is 14.5 Å². The summed E-state index contributed by atoms with van der Waals surface area (Å²) in [6, 6.07) is 14.8. The van der Waals surface area contributed by atoms with Gasteiger partial charge < -0.3 is 14.5 Å². The van der Waals surface area contributed by atoms with E-state index in [0.29, 0.717) is 24.0 Å². The predicted molar refractivity (Wildman–Crippen MR) is 120 cm³/mol. The molecule has 0 spiro atoms. The van der Waals surface area contributed by atoms with E-state index in [2.05, 4.69) is 16.8 Å². The van der Waals surface area contributed by atoms with Crippen LogP contribution >= 0.6 is 0 Å². The molecule has 1 unspecified atom stereocenters. The number of aromatic amines is 1. The summed E-state index contributed by atoms with van der Waals surface area (Å²) >= 11 is 0. The van der Waals surface area contributed by atoms with Gasteiger partial charge in [0.15, 0.2) is 0 Å². The zero-order valence-corrected chi connectivity index (χ0v) is 17.7. The van der Waals surface area contributed by atoms with Gasteiger partial charge >= 0.3 is 5.69 Å². The van der Waals surface area contributed by atoms with Crippen LogP contribution in [0.1, 0.15) is 13.3 Å². The third kappa shape index (κ3) is 4.19. The number of likely N-dealkylation sites (N-methyl/N-ethyl adjacent to an activating group) is 2. The second kappa shape index (κ2) is 8.67. The molecule has 1 aromatic heterocycles. The van der Waals surface area contributed by atoms with Gasteiger partial charge in [-0.25, -0.2) is 4.79 Å². The van der Waals surface area contributed by atoms with Gasteiger partial charge in [-0.15, -0.1) is 0 Å². The van der Waals surface area contributed by atoms with Crippen molar-refractivity contribution >= 4 is 22.5 Å². The molecule has 3 aromatic rings. The number of amides is 1. The van der Waals surface area contributed by atoms with Crippen LogP contribution in [0.2, 0.25) is 0 Å². The molecule has 0 radical (unpaired) electrons. The summed E-state index contributed by atoms with van der Waals surface area (Å²) in [6.07, 6.45) is 0.00759. The van der Waals surface area contributed by atoms with E-state index in [0.717, 1.165) is 18.0 Å². The van der Waals surface area contributed by atoms with Crippen LogP contribution in [0.15, 0.2) is 58.1 Å². The molecule has 8 heteroatoms. The summed E-state index contributed by atoms with van der Waals surface area (Å²) in [6.45, 7) is 4.30. The number of carbonyl (C=O) groups excluding carboxylic acids is 1. The zero-order chi connectivity index (χ0) is 22.0. The topological polar surface area (TPSA) is 87.6 Å². The number of para-hydroxylation sites is 3. The van der Waals surface area contributed by atoms with Gasteiger partial charge in [0.1, 0.15) is 11.9 Å². The predicted octanol–water partition coefficient (Wildman–Crippen LogP) is 1.83. The Morgan fingerprint density at radius 3 is 2.71 bits per heavy atom. The fourth-order valence-corrected chi connectivity index (χ4v) is 4.04. The highest BCUT2D eigenvalue weighted by molar-refractivity contribution is 5.79. The lowest BCUT2D eigenvalue weighted by Crippen LogP contribution is -2.47. The van der Waals surface area contributed by atoms with Crippen molar-refractivity contribution in [2.75, 3.05) is 31.6 Å². The van der Waals surface area contributed by atoms with Crippen molar-refractivity contribution in [2.45, 2.75) is 26.0 Å². The standard InChI is InChI=1S/C23H26N4O4/c1-3-26-15-16(31-20-11-7-6-10-19(20)26)14-25(2)21(28)12-13-27-18-9-5-4-8-17(18)22(29)24-23(27)30/h4-11,16H,3,12-15H2,1-2H3,(H,24,29,30). The Hall–Kier alpha value is -3.55. The van der Waals surface area contributed by atoms with E-state index >= 15 is 0 Å². The molecule has 0 saturated heterocycles. The minimum Gasteiger partial charge on any atom is -0.485 e. The summed E-state index contributed by atoms with van der Waals surface area (Å²) in [7, 11) is 1.75. The van der Waals surface area contributed by atoms with E-state index < -0.39 is 11.2 Å². The fraction of sp³-hybridized carbons (Fsp3) is 0.348. The van der Waals surface area contributed by atoms with Gasteiger partial charge in [-0.1, -0.05) is 24.3 Å². The molecule has 1 amide bonds. The largest absolute Gasteiger partial charge is 0.485 e. The lowest BCUT2D eigenvalue weighted by Gasteiger charge is -2.37. The maximum Gasteiger partial charge on any atom is 0.328 e. The number of hydrogen-bond acceptors (Lipinski definition) is 5. The van der Waals surface area contributed by atoms with E-state index in [-0.39, 0.29) is 25.0 Å². The Kier molecular flexibility index (Phi) is 5.79. The summed E-state index contributed by atoms with van der Waals surface area (Å²) in [4.78, 5) is 43.3. The van der Waals surface area contributed by atoms with Gasteiger partial charge in [-0.05, 0) is 31.2 Å². The zero-order valence-electron chi connectivity index (χ0n) is 17.7. The van der Waals surface area contributed by atoms with Crippen LogP contribution in [0, 0.1) is 0 Å². The van der Waals surface area contributed by atoms with Crippen molar-refractivity contribution in [3.05, 3.63) is 69.4 Å². The molecule has 0 saturated carbocycles. The fourth-order valence-electron chi connectivity index (χ4n) is 4.04. The first-order valence-electron chi connectivity index (χ1n) is 10.4. The van der Waals surface area contributed by atoms with Crippen LogP contribution in [-0.4, -0.2) is 53.1 Å². The number of aryl methyl sites for hydroxylation is 1. The highest BCUT2D eigenvalue weighted by atomic mass is 16.5. The van der Waals surface area contributed by atoms with Crippen LogP contribution in [0.5, 0.6) is 5.75 Å². The molecule has 8 nitrogen and oxygen atoms in total. The Balaban J connectivity index is 1.43. The third-order valence-corrected chi connectivity index (χ3v) is 5.66. The Morgan fingerprint density at radius 2 is 1.90 bits per heavy atom. The summed E-state index contributed by atoms with van der Waals surface area (Å²) in [5, 5.41) is 0.428. The maximum atomic E-state index is 12.8. The van der Waals surface area contributed by atoms with E-state index in [1.54, 1.807) is 36.2 Å². The van der Waals surface area contributed by atoms with E-state index in [1.807, 2.05) is 24.3 Å². The molecule has 0 fully saturated rings. The van der Waals surface area contributed by atoms with Crippen molar-refractivity contribution < 1.29 is 9.53 Å². The van der Waals surface area contributed by atoms with Crippen LogP contribution in [-0.2, 0) is 11.3 Å². The molecule has 0 aliphatic carbocycles. The molecule has 1 N–H and O–H groups in total. The van der Waals surface area contributed by atoms with Crippen molar-refractivity contribution in [3.63, 3.8) is 0 Å². The van der Waals surface area contributed by atoms with E-state index in [4.69, 9.17) is 4.74 Å². The number of hydrogen-bond donors (Lipinski definition) is 1. The molecule has 4 rings (SSSR count). The van der Waals surface area contributed by atoms with Gasteiger partial charge in [-0.3, -0.25) is 19.1 Å². The molecule has 2 aromatic carbocycles. The average Bonchev–Trinajstić information content (AvgIpc) is 2.78. The molecule has 1 aliphatic rings. The molecular formula is C23H26N4O4. The smallest absolute Gasteiger partial charge is 0.328 e. The lowest BCUT2D eigenvalue weighted by molar-refractivity contribution is -0.131.